The average molecular weight is 386 g/mol. The van der Waals surface area contributed by atoms with Crippen molar-refractivity contribution < 1.29 is 19.0 Å². The topological polar surface area (TPSA) is 61.8 Å². The smallest absolute Gasteiger partial charge is 0.246 e. The highest BCUT2D eigenvalue weighted by atomic mass is 19.1. The lowest BCUT2D eigenvalue weighted by molar-refractivity contribution is -0.122. The predicted octanol–water partition coefficient (Wildman–Crippen LogP) is 3.37. The van der Waals surface area contributed by atoms with E-state index in [2.05, 4.69) is 10.2 Å². The van der Waals surface area contributed by atoms with Crippen molar-refractivity contribution in [1.82, 2.24) is 4.90 Å². The van der Waals surface area contributed by atoms with Crippen LogP contribution < -0.4 is 5.32 Å². The lowest BCUT2D eigenvalue weighted by Gasteiger charge is -2.37. The first-order valence-electron chi connectivity index (χ1n) is 9.75. The van der Waals surface area contributed by atoms with E-state index in [1.54, 1.807) is 12.1 Å². The first-order chi connectivity index (χ1) is 13.7. The second-order valence-electron chi connectivity index (χ2n) is 6.99. The maximum Gasteiger partial charge on any atom is 0.246 e. The van der Waals surface area contributed by atoms with Crippen molar-refractivity contribution in [3.8, 4) is 0 Å². The molecule has 1 saturated heterocycles. The van der Waals surface area contributed by atoms with Gasteiger partial charge < -0.3 is 15.2 Å². The number of carbonyl (C=O) groups excluding carboxylic acids is 1. The molecule has 5 nitrogen and oxygen atoms in total. The van der Waals surface area contributed by atoms with Crippen molar-refractivity contribution in [3.63, 3.8) is 0 Å². The molecule has 1 heterocycles. The highest BCUT2D eigenvalue weighted by molar-refractivity contribution is 5.95. The number of likely N-dealkylation sites (tertiary alicyclic amines) is 1. The predicted molar refractivity (Wildman–Crippen MR) is 106 cm³/mol. The minimum Gasteiger partial charge on any atom is -0.396 e. The van der Waals surface area contributed by atoms with E-state index < -0.39 is 6.04 Å². The van der Waals surface area contributed by atoms with Gasteiger partial charge in [-0.3, -0.25) is 9.69 Å². The quantitative estimate of drug-likeness (QED) is 0.683. The van der Waals surface area contributed by atoms with E-state index in [0.717, 1.165) is 31.5 Å². The molecule has 2 aromatic carbocycles. The third-order valence-corrected chi connectivity index (χ3v) is 4.97. The molecule has 0 radical (unpaired) electrons. The third-order valence-electron chi connectivity index (χ3n) is 4.97. The van der Waals surface area contributed by atoms with Gasteiger partial charge in [0.25, 0.3) is 0 Å². The Kier molecular flexibility index (Phi) is 7.54. The molecule has 1 aliphatic rings. The van der Waals surface area contributed by atoms with Crippen LogP contribution in [0.1, 0.15) is 30.9 Å². The number of aliphatic hydroxyl groups is 1. The van der Waals surface area contributed by atoms with Gasteiger partial charge in [0.15, 0.2) is 0 Å². The summed E-state index contributed by atoms with van der Waals surface area (Å²) in [4.78, 5) is 15.3. The number of rotatable bonds is 8. The van der Waals surface area contributed by atoms with E-state index in [-0.39, 0.29) is 24.4 Å². The van der Waals surface area contributed by atoms with Crippen molar-refractivity contribution in [2.75, 3.05) is 31.6 Å². The summed E-state index contributed by atoms with van der Waals surface area (Å²) in [5, 5.41) is 11.8. The Bertz CT molecular complexity index is 731. The first kappa shape index (κ1) is 20.5. The maximum atomic E-state index is 13.1. The van der Waals surface area contributed by atoms with Gasteiger partial charge in [0.2, 0.25) is 5.91 Å². The molecule has 2 aromatic rings. The van der Waals surface area contributed by atoms with Crippen molar-refractivity contribution in [2.45, 2.75) is 31.4 Å². The number of aliphatic hydroxyl groups excluding tert-OH is 1. The molecule has 0 bridgehead atoms. The number of carbonyl (C=O) groups is 1. The molecule has 0 aliphatic carbocycles. The van der Waals surface area contributed by atoms with Crippen LogP contribution in [0.5, 0.6) is 0 Å². The summed E-state index contributed by atoms with van der Waals surface area (Å²) < 4.78 is 18.9. The summed E-state index contributed by atoms with van der Waals surface area (Å²) in [6, 6.07) is 15.1. The fraction of sp³-hybridized carbons (Fsp3) is 0.409. The van der Waals surface area contributed by atoms with Gasteiger partial charge in [-0.2, -0.15) is 0 Å². The van der Waals surface area contributed by atoms with Crippen LogP contribution in [0.3, 0.4) is 0 Å². The van der Waals surface area contributed by atoms with Crippen molar-refractivity contribution >= 4 is 11.6 Å². The summed E-state index contributed by atoms with van der Waals surface area (Å²) >= 11 is 0. The van der Waals surface area contributed by atoms with E-state index in [9.17, 15) is 9.18 Å². The zero-order valence-corrected chi connectivity index (χ0v) is 15.9. The van der Waals surface area contributed by atoms with Gasteiger partial charge >= 0.3 is 0 Å². The number of piperidine rings is 1. The third kappa shape index (κ3) is 5.61. The van der Waals surface area contributed by atoms with Crippen LogP contribution in [0.25, 0.3) is 0 Å². The highest BCUT2D eigenvalue weighted by Crippen LogP contribution is 2.27. The SMILES string of the molecule is O=C(Nc1ccc(F)cc1)C(c1ccccc1)N1CCC(OCCCO)CC1. The number of anilines is 1. The molecule has 28 heavy (non-hydrogen) atoms. The number of nitrogens with zero attached hydrogens (tertiary/aromatic N) is 1. The van der Waals surface area contributed by atoms with Crippen LogP contribution in [0.4, 0.5) is 10.1 Å². The summed E-state index contributed by atoms with van der Waals surface area (Å²) in [6.45, 7) is 2.20. The minimum atomic E-state index is -0.412. The summed E-state index contributed by atoms with van der Waals surface area (Å²) in [5.41, 5.74) is 1.51. The standard InChI is InChI=1S/C22H27FN2O3/c23-18-7-9-19(10-8-18)24-22(27)21(17-5-2-1-3-6-17)25-13-11-20(12-14-25)28-16-4-15-26/h1-3,5-10,20-21,26H,4,11-16H2,(H,24,27). The first-order valence-corrected chi connectivity index (χ1v) is 9.75. The van der Waals surface area contributed by atoms with Crippen LogP contribution in [0, 0.1) is 5.82 Å². The number of hydrogen-bond donors (Lipinski definition) is 2. The molecule has 2 N–H and O–H groups in total. The molecular weight excluding hydrogens is 359 g/mol. The van der Waals surface area contributed by atoms with Crippen molar-refractivity contribution in [1.29, 1.82) is 0 Å². The Hall–Kier alpha value is -2.28. The second-order valence-corrected chi connectivity index (χ2v) is 6.99. The van der Waals surface area contributed by atoms with E-state index in [0.29, 0.717) is 18.7 Å². The van der Waals surface area contributed by atoms with Gasteiger partial charge in [0.05, 0.1) is 6.10 Å². The summed E-state index contributed by atoms with van der Waals surface area (Å²) in [7, 11) is 0. The monoisotopic (exact) mass is 386 g/mol. The highest BCUT2D eigenvalue weighted by Gasteiger charge is 2.31. The van der Waals surface area contributed by atoms with Crippen LogP contribution in [0.2, 0.25) is 0 Å². The van der Waals surface area contributed by atoms with Gasteiger partial charge in [-0.25, -0.2) is 4.39 Å². The zero-order valence-electron chi connectivity index (χ0n) is 15.9. The van der Waals surface area contributed by atoms with Crippen LogP contribution in [0.15, 0.2) is 54.6 Å². The lowest BCUT2D eigenvalue weighted by Crippen LogP contribution is -2.43. The molecule has 1 aliphatic heterocycles. The van der Waals surface area contributed by atoms with E-state index in [4.69, 9.17) is 9.84 Å². The number of ether oxygens (including phenoxy) is 1. The molecule has 150 valence electrons. The number of benzene rings is 2. The molecule has 6 heteroatoms. The summed E-state index contributed by atoms with van der Waals surface area (Å²) in [5.74, 6) is -0.460. The van der Waals surface area contributed by atoms with Crippen molar-refractivity contribution in [2.24, 2.45) is 0 Å². The summed E-state index contributed by atoms with van der Waals surface area (Å²) in [6.07, 6.45) is 2.50. The zero-order chi connectivity index (χ0) is 19.8. The van der Waals surface area contributed by atoms with Crippen LogP contribution in [-0.4, -0.2) is 48.3 Å². The molecule has 0 aromatic heterocycles. The Morgan fingerprint density at radius 2 is 1.82 bits per heavy atom. The largest absolute Gasteiger partial charge is 0.396 e. The maximum absolute atomic E-state index is 13.1. The van der Waals surface area contributed by atoms with Crippen LogP contribution >= 0.6 is 0 Å². The van der Waals surface area contributed by atoms with Gasteiger partial charge in [-0.05, 0) is 49.1 Å². The van der Waals surface area contributed by atoms with Gasteiger partial charge in [0.1, 0.15) is 11.9 Å². The molecule has 1 amide bonds. The van der Waals surface area contributed by atoms with Gasteiger partial charge in [-0.1, -0.05) is 30.3 Å². The van der Waals surface area contributed by atoms with E-state index >= 15 is 0 Å². The fourth-order valence-electron chi connectivity index (χ4n) is 3.52. The molecule has 1 atom stereocenters. The molecule has 0 spiro atoms. The lowest BCUT2D eigenvalue weighted by atomic mass is 9.99. The molecule has 3 rings (SSSR count). The Morgan fingerprint density at radius 3 is 2.46 bits per heavy atom. The fourth-order valence-corrected chi connectivity index (χ4v) is 3.52. The minimum absolute atomic E-state index is 0.127. The Morgan fingerprint density at radius 1 is 1.14 bits per heavy atom. The van der Waals surface area contributed by atoms with Crippen molar-refractivity contribution in [3.05, 3.63) is 66.0 Å². The Labute approximate surface area is 165 Å². The number of nitrogens with one attached hydrogen (secondary N) is 1. The molecular formula is C22H27FN2O3. The van der Waals surface area contributed by atoms with Crippen LogP contribution in [-0.2, 0) is 9.53 Å². The second kappa shape index (κ2) is 10.3. The number of amides is 1. The average Bonchev–Trinajstić information content (AvgIpc) is 2.72. The molecule has 1 fully saturated rings. The van der Waals surface area contributed by atoms with Gasteiger partial charge in [-0.15, -0.1) is 0 Å². The van der Waals surface area contributed by atoms with E-state index in [1.807, 2.05) is 30.3 Å². The van der Waals surface area contributed by atoms with Gasteiger partial charge in [0, 0.05) is 32.0 Å². The Balaban J connectivity index is 1.68. The molecule has 1 unspecified atom stereocenters. The normalized spacial score (nSPS) is 16.6. The number of hydrogen-bond acceptors (Lipinski definition) is 4. The van der Waals surface area contributed by atoms with E-state index in [1.165, 1.54) is 12.1 Å². The molecule has 0 saturated carbocycles. The number of halogens is 1.